The minimum atomic E-state index is 0.696. The minimum absolute atomic E-state index is 0.696. The van der Waals surface area contributed by atoms with E-state index in [0.29, 0.717) is 5.92 Å². The Morgan fingerprint density at radius 3 is 2.55 bits per heavy atom. The third-order valence-corrected chi connectivity index (χ3v) is 4.93. The number of ether oxygens (including phenoxy) is 1. The molecule has 1 aromatic carbocycles. The van der Waals surface area contributed by atoms with Crippen LogP contribution < -0.4 is 4.74 Å². The molecule has 22 heavy (non-hydrogen) atoms. The van der Waals surface area contributed by atoms with Gasteiger partial charge in [0.25, 0.3) is 0 Å². The molecular formula is C21H32O. The third-order valence-electron chi connectivity index (χ3n) is 4.93. The van der Waals surface area contributed by atoms with Crippen LogP contribution in [0.15, 0.2) is 30.3 Å². The van der Waals surface area contributed by atoms with Gasteiger partial charge in [0.1, 0.15) is 5.75 Å². The zero-order chi connectivity index (χ0) is 15.8. The molecule has 0 fully saturated rings. The van der Waals surface area contributed by atoms with E-state index in [1.807, 2.05) is 0 Å². The smallest absolute Gasteiger partial charge is 0.119 e. The van der Waals surface area contributed by atoms with Crippen molar-refractivity contribution in [2.45, 2.75) is 65.7 Å². The van der Waals surface area contributed by atoms with Crippen molar-refractivity contribution in [1.82, 2.24) is 0 Å². The topological polar surface area (TPSA) is 9.23 Å². The summed E-state index contributed by atoms with van der Waals surface area (Å²) in [6.45, 7) is 7.72. The van der Waals surface area contributed by atoms with Crippen molar-refractivity contribution in [3.05, 3.63) is 35.9 Å². The predicted molar refractivity (Wildman–Crippen MR) is 96.2 cm³/mol. The largest absolute Gasteiger partial charge is 0.493 e. The summed E-state index contributed by atoms with van der Waals surface area (Å²) < 4.78 is 6.00. The van der Waals surface area contributed by atoms with Gasteiger partial charge in [0.2, 0.25) is 0 Å². The fourth-order valence-corrected chi connectivity index (χ4v) is 3.10. The normalized spacial score (nSPS) is 19.6. The van der Waals surface area contributed by atoms with Crippen LogP contribution in [-0.2, 0) is 0 Å². The molecule has 0 spiro atoms. The van der Waals surface area contributed by atoms with E-state index in [0.717, 1.165) is 18.3 Å². The Morgan fingerprint density at radius 1 is 1.18 bits per heavy atom. The summed E-state index contributed by atoms with van der Waals surface area (Å²) in [7, 11) is 0. The number of allylic oxidation sites excluding steroid dienone is 2. The van der Waals surface area contributed by atoms with Crippen LogP contribution >= 0.6 is 0 Å². The maximum absolute atomic E-state index is 6.00. The molecule has 1 aromatic rings. The molecule has 0 aromatic heterocycles. The molecule has 0 heterocycles. The zero-order valence-corrected chi connectivity index (χ0v) is 14.6. The van der Waals surface area contributed by atoms with Crippen LogP contribution in [0.25, 0.3) is 5.57 Å². The first-order valence-electron chi connectivity index (χ1n) is 9.15. The molecule has 122 valence electrons. The van der Waals surface area contributed by atoms with E-state index in [1.165, 1.54) is 56.1 Å². The van der Waals surface area contributed by atoms with Gasteiger partial charge in [-0.15, -0.1) is 0 Å². The van der Waals surface area contributed by atoms with Crippen molar-refractivity contribution < 1.29 is 4.74 Å². The molecule has 1 nitrogen and oxygen atoms in total. The Balaban J connectivity index is 1.86. The van der Waals surface area contributed by atoms with Gasteiger partial charge in [-0.05, 0) is 60.8 Å². The SMILES string of the molecule is CCCCC(CC)COc1ccc(C2=CCC(C)CC2)cc1. The molecule has 1 aliphatic carbocycles. The molecule has 2 atom stereocenters. The lowest BCUT2D eigenvalue weighted by molar-refractivity contribution is 0.233. The maximum Gasteiger partial charge on any atom is 0.119 e. The highest BCUT2D eigenvalue weighted by atomic mass is 16.5. The predicted octanol–water partition coefficient (Wildman–Crippen LogP) is 6.49. The molecular weight excluding hydrogens is 268 g/mol. The Bertz CT molecular complexity index is 457. The average molecular weight is 300 g/mol. The Hall–Kier alpha value is -1.24. The first-order chi connectivity index (χ1) is 10.7. The van der Waals surface area contributed by atoms with Gasteiger partial charge in [0, 0.05) is 0 Å². The van der Waals surface area contributed by atoms with Crippen LogP contribution in [0.3, 0.4) is 0 Å². The molecule has 0 saturated carbocycles. The highest BCUT2D eigenvalue weighted by Crippen LogP contribution is 2.30. The Morgan fingerprint density at radius 2 is 1.95 bits per heavy atom. The quantitative estimate of drug-likeness (QED) is 0.533. The second-order valence-electron chi connectivity index (χ2n) is 6.86. The second kappa shape index (κ2) is 9.02. The molecule has 0 bridgehead atoms. The fourth-order valence-electron chi connectivity index (χ4n) is 3.10. The third kappa shape index (κ3) is 5.19. The van der Waals surface area contributed by atoms with Crippen molar-refractivity contribution in [3.8, 4) is 5.75 Å². The van der Waals surface area contributed by atoms with Crippen LogP contribution in [0.1, 0.15) is 71.3 Å². The summed E-state index contributed by atoms with van der Waals surface area (Å²) >= 11 is 0. The molecule has 0 saturated heterocycles. The summed E-state index contributed by atoms with van der Waals surface area (Å²) in [5.41, 5.74) is 2.89. The van der Waals surface area contributed by atoms with Gasteiger partial charge in [-0.25, -0.2) is 0 Å². The van der Waals surface area contributed by atoms with E-state index in [4.69, 9.17) is 4.74 Å². The summed E-state index contributed by atoms with van der Waals surface area (Å²) in [6, 6.07) is 8.73. The Labute approximate surface area is 136 Å². The number of hydrogen-bond donors (Lipinski definition) is 0. The molecule has 1 aliphatic rings. The van der Waals surface area contributed by atoms with Gasteiger partial charge in [0.15, 0.2) is 0 Å². The van der Waals surface area contributed by atoms with Gasteiger partial charge in [-0.3, -0.25) is 0 Å². The van der Waals surface area contributed by atoms with Crippen LogP contribution in [0.2, 0.25) is 0 Å². The fraction of sp³-hybridized carbons (Fsp3) is 0.619. The molecule has 0 radical (unpaired) electrons. The number of unbranched alkanes of at least 4 members (excludes halogenated alkanes) is 1. The van der Waals surface area contributed by atoms with Crippen LogP contribution in [0, 0.1) is 11.8 Å². The molecule has 1 heteroatoms. The first-order valence-corrected chi connectivity index (χ1v) is 9.15. The number of benzene rings is 1. The van der Waals surface area contributed by atoms with E-state index >= 15 is 0 Å². The summed E-state index contributed by atoms with van der Waals surface area (Å²) in [5.74, 6) is 2.56. The van der Waals surface area contributed by atoms with Gasteiger partial charge in [0.05, 0.1) is 6.61 Å². The Kier molecular flexibility index (Phi) is 7.02. The average Bonchev–Trinajstić information content (AvgIpc) is 2.56. The molecule has 0 amide bonds. The van der Waals surface area contributed by atoms with E-state index in [1.54, 1.807) is 0 Å². The van der Waals surface area contributed by atoms with Crippen LogP contribution in [-0.4, -0.2) is 6.61 Å². The second-order valence-corrected chi connectivity index (χ2v) is 6.86. The van der Waals surface area contributed by atoms with E-state index < -0.39 is 0 Å². The monoisotopic (exact) mass is 300 g/mol. The van der Waals surface area contributed by atoms with Gasteiger partial charge < -0.3 is 4.74 Å². The van der Waals surface area contributed by atoms with Crippen molar-refractivity contribution >= 4 is 5.57 Å². The van der Waals surface area contributed by atoms with Crippen molar-refractivity contribution in [1.29, 1.82) is 0 Å². The summed E-state index contributed by atoms with van der Waals surface area (Å²) in [6.07, 6.45) is 11.3. The lowest BCUT2D eigenvalue weighted by atomic mass is 9.88. The molecule has 2 rings (SSSR count). The standard InChI is InChI=1S/C21H32O/c1-4-6-7-18(5-2)16-22-21-14-12-20(13-15-21)19-10-8-17(3)9-11-19/h10,12-15,17-18H,4-9,11,16H2,1-3H3. The lowest BCUT2D eigenvalue weighted by Gasteiger charge is -2.19. The molecule has 0 aliphatic heterocycles. The summed E-state index contributed by atoms with van der Waals surface area (Å²) in [4.78, 5) is 0. The van der Waals surface area contributed by atoms with Gasteiger partial charge >= 0.3 is 0 Å². The number of hydrogen-bond acceptors (Lipinski definition) is 1. The maximum atomic E-state index is 6.00. The summed E-state index contributed by atoms with van der Waals surface area (Å²) in [5, 5.41) is 0. The van der Waals surface area contributed by atoms with E-state index in [9.17, 15) is 0 Å². The first kappa shape index (κ1) is 17.1. The van der Waals surface area contributed by atoms with Crippen molar-refractivity contribution in [3.63, 3.8) is 0 Å². The van der Waals surface area contributed by atoms with Crippen LogP contribution in [0.5, 0.6) is 5.75 Å². The van der Waals surface area contributed by atoms with E-state index in [2.05, 4.69) is 51.1 Å². The highest BCUT2D eigenvalue weighted by molar-refractivity contribution is 5.66. The molecule has 2 unspecified atom stereocenters. The minimum Gasteiger partial charge on any atom is -0.493 e. The van der Waals surface area contributed by atoms with Crippen LogP contribution in [0.4, 0.5) is 0 Å². The lowest BCUT2D eigenvalue weighted by Crippen LogP contribution is -2.11. The van der Waals surface area contributed by atoms with E-state index in [-0.39, 0.29) is 0 Å². The van der Waals surface area contributed by atoms with Gasteiger partial charge in [-0.2, -0.15) is 0 Å². The molecule has 0 N–H and O–H groups in total. The van der Waals surface area contributed by atoms with Crippen molar-refractivity contribution in [2.75, 3.05) is 6.61 Å². The van der Waals surface area contributed by atoms with Crippen molar-refractivity contribution in [2.24, 2.45) is 11.8 Å². The highest BCUT2D eigenvalue weighted by Gasteiger charge is 2.12. The van der Waals surface area contributed by atoms with Gasteiger partial charge in [-0.1, -0.05) is 58.2 Å². The number of rotatable bonds is 8. The zero-order valence-electron chi connectivity index (χ0n) is 14.6.